The van der Waals surface area contributed by atoms with Gasteiger partial charge in [-0.3, -0.25) is 0 Å². The zero-order valence-corrected chi connectivity index (χ0v) is 13.0. The maximum Gasteiger partial charge on any atom is 0.133 e. The quantitative estimate of drug-likeness (QED) is 0.766. The molecule has 0 N–H and O–H groups in total. The number of thioether (sulfide) groups is 1. The van der Waals surface area contributed by atoms with E-state index in [4.69, 9.17) is 0 Å². The third-order valence-electron chi connectivity index (χ3n) is 2.81. The molecular formula is C14H15BrN2S. The van der Waals surface area contributed by atoms with Crippen LogP contribution in [0.15, 0.2) is 45.8 Å². The van der Waals surface area contributed by atoms with Crippen LogP contribution in [0.5, 0.6) is 0 Å². The molecule has 0 amide bonds. The van der Waals surface area contributed by atoms with Crippen molar-refractivity contribution in [2.24, 2.45) is 0 Å². The fraction of sp³-hybridized carbons (Fsp3) is 0.214. The van der Waals surface area contributed by atoms with E-state index in [1.165, 1.54) is 4.90 Å². The van der Waals surface area contributed by atoms with Gasteiger partial charge in [0.15, 0.2) is 0 Å². The first-order chi connectivity index (χ1) is 8.61. The number of rotatable bonds is 3. The van der Waals surface area contributed by atoms with Gasteiger partial charge in [0.1, 0.15) is 5.82 Å². The van der Waals surface area contributed by atoms with Crippen molar-refractivity contribution >= 4 is 39.2 Å². The number of halogens is 1. The molecule has 0 bridgehead atoms. The minimum absolute atomic E-state index is 0.951. The second kappa shape index (κ2) is 5.76. The van der Waals surface area contributed by atoms with Gasteiger partial charge in [-0.05, 0) is 65.5 Å². The first-order valence-electron chi connectivity index (χ1n) is 5.63. The van der Waals surface area contributed by atoms with E-state index in [9.17, 15) is 0 Å². The van der Waals surface area contributed by atoms with Gasteiger partial charge >= 0.3 is 0 Å². The fourth-order valence-corrected chi connectivity index (χ4v) is 2.28. The fourth-order valence-electron chi connectivity index (χ4n) is 1.66. The van der Waals surface area contributed by atoms with Gasteiger partial charge in [-0.2, -0.15) is 0 Å². The summed E-state index contributed by atoms with van der Waals surface area (Å²) < 4.78 is 1.04. The van der Waals surface area contributed by atoms with E-state index in [0.717, 1.165) is 21.7 Å². The number of benzene rings is 1. The van der Waals surface area contributed by atoms with E-state index < -0.39 is 0 Å². The van der Waals surface area contributed by atoms with Crippen LogP contribution in [0.3, 0.4) is 0 Å². The second-order valence-corrected chi connectivity index (χ2v) is 5.73. The predicted octanol–water partition coefficient (Wildman–Crippen LogP) is 4.64. The Kier molecular flexibility index (Phi) is 4.30. The van der Waals surface area contributed by atoms with E-state index in [2.05, 4.69) is 56.3 Å². The molecule has 2 aromatic rings. The molecule has 0 unspecified atom stereocenters. The highest BCUT2D eigenvalue weighted by atomic mass is 79.9. The number of aryl methyl sites for hydroxylation is 1. The molecule has 0 saturated heterocycles. The van der Waals surface area contributed by atoms with E-state index >= 15 is 0 Å². The highest BCUT2D eigenvalue weighted by Crippen LogP contribution is 2.26. The molecule has 18 heavy (non-hydrogen) atoms. The van der Waals surface area contributed by atoms with Crippen LogP contribution in [-0.2, 0) is 0 Å². The van der Waals surface area contributed by atoms with Crippen LogP contribution < -0.4 is 4.90 Å². The van der Waals surface area contributed by atoms with Gasteiger partial charge in [0, 0.05) is 22.1 Å². The molecular weight excluding hydrogens is 308 g/mol. The third-order valence-corrected chi connectivity index (χ3v) is 4.39. The molecule has 2 nitrogen and oxygen atoms in total. The minimum Gasteiger partial charge on any atom is -0.329 e. The molecule has 94 valence electrons. The van der Waals surface area contributed by atoms with Gasteiger partial charge in [0.05, 0.1) is 5.69 Å². The molecule has 0 aliphatic rings. The first kappa shape index (κ1) is 13.4. The van der Waals surface area contributed by atoms with Gasteiger partial charge in [-0.15, -0.1) is 11.8 Å². The monoisotopic (exact) mass is 322 g/mol. The lowest BCUT2D eigenvalue weighted by Gasteiger charge is -2.19. The maximum absolute atomic E-state index is 4.57. The molecule has 2 rings (SSSR count). The lowest BCUT2D eigenvalue weighted by atomic mass is 10.3. The van der Waals surface area contributed by atoms with Crippen LogP contribution in [0.4, 0.5) is 11.5 Å². The Hall–Kier alpha value is -1.00. The van der Waals surface area contributed by atoms with Crippen molar-refractivity contribution in [2.45, 2.75) is 11.8 Å². The molecule has 0 aliphatic carbocycles. The Labute approximate surface area is 121 Å². The second-order valence-electron chi connectivity index (χ2n) is 3.99. The van der Waals surface area contributed by atoms with Crippen molar-refractivity contribution < 1.29 is 0 Å². The number of hydrogen-bond acceptors (Lipinski definition) is 3. The van der Waals surface area contributed by atoms with Crippen molar-refractivity contribution in [2.75, 3.05) is 18.2 Å². The van der Waals surface area contributed by atoms with Gasteiger partial charge in [0.25, 0.3) is 0 Å². The Bertz CT molecular complexity index is 540. The topological polar surface area (TPSA) is 16.1 Å². The van der Waals surface area contributed by atoms with Crippen LogP contribution in [0, 0.1) is 6.92 Å². The summed E-state index contributed by atoms with van der Waals surface area (Å²) in [5, 5.41) is 0. The summed E-state index contributed by atoms with van der Waals surface area (Å²) in [6.07, 6.45) is 2.08. The summed E-state index contributed by atoms with van der Waals surface area (Å²) in [6, 6.07) is 12.5. The van der Waals surface area contributed by atoms with Crippen LogP contribution in [0.1, 0.15) is 5.69 Å². The molecule has 0 radical (unpaired) electrons. The lowest BCUT2D eigenvalue weighted by molar-refractivity contribution is 1.08. The largest absolute Gasteiger partial charge is 0.329 e. The average Bonchev–Trinajstić information content (AvgIpc) is 2.41. The van der Waals surface area contributed by atoms with E-state index in [1.54, 1.807) is 11.8 Å². The zero-order chi connectivity index (χ0) is 13.1. The Morgan fingerprint density at radius 3 is 2.33 bits per heavy atom. The normalized spacial score (nSPS) is 10.4. The van der Waals surface area contributed by atoms with Crippen LogP contribution in [-0.4, -0.2) is 18.3 Å². The molecule has 1 aromatic carbocycles. The standard InChI is InChI=1S/C14H15BrN2S/c1-10-13(15)8-9-14(16-10)17(2)11-4-6-12(18-3)7-5-11/h4-9H,1-3H3. The van der Waals surface area contributed by atoms with Crippen molar-refractivity contribution in [3.63, 3.8) is 0 Å². The average molecular weight is 323 g/mol. The molecule has 1 aromatic heterocycles. The Morgan fingerprint density at radius 1 is 1.11 bits per heavy atom. The van der Waals surface area contributed by atoms with Crippen molar-refractivity contribution in [1.82, 2.24) is 4.98 Å². The van der Waals surface area contributed by atoms with Crippen molar-refractivity contribution in [3.05, 3.63) is 46.6 Å². The maximum atomic E-state index is 4.57. The van der Waals surface area contributed by atoms with Crippen LogP contribution >= 0.6 is 27.7 Å². The summed E-state index contributed by atoms with van der Waals surface area (Å²) >= 11 is 5.22. The molecule has 1 heterocycles. The Morgan fingerprint density at radius 2 is 1.78 bits per heavy atom. The molecule has 0 atom stereocenters. The molecule has 0 spiro atoms. The zero-order valence-electron chi connectivity index (χ0n) is 10.6. The van der Waals surface area contributed by atoms with Gasteiger partial charge in [-0.1, -0.05) is 0 Å². The smallest absolute Gasteiger partial charge is 0.133 e. The lowest BCUT2D eigenvalue weighted by Crippen LogP contribution is -2.11. The molecule has 0 aliphatic heterocycles. The summed E-state index contributed by atoms with van der Waals surface area (Å²) in [7, 11) is 2.03. The number of hydrogen-bond donors (Lipinski definition) is 0. The molecule has 0 fully saturated rings. The summed E-state index contributed by atoms with van der Waals surface area (Å²) in [6.45, 7) is 2.00. The highest BCUT2D eigenvalue weighted by molar-refractivity contribution is 9.10. The molecule has 4 heteroatoms. The van der Waals surface area contributed by atoms with Gasteiger partial charge in [-0.25, -0.2) is 4.98 Å². The van der Waals surface area contributed by atoms with Crippen molar-refractivity contribution in [3.8, 4) is 0 Å². The summed E-state index contributed by atoms with van der Waals surface area (Å²) in [4.78, 5) is 7.92. The first-order valence-corrected chi connectivity index (χ1v) is 7.64. The number of anilines is 2. The number of nitrogens with zero attached hydrogens (tertiary/aromatic N) is 2. The van der Waals surface area contributed by atoms with Gasteiger partial charge < -0.3 is 4.90 Å². The summed E-state index contributed by atoms with van der Waals surface area (Å²) in [5.41, 5.74) is 2.14. The molecule has 0 saturated carbocycles. The Balaban J connectivity index is 2.28. The van der Waals surface area contributed by atoms with Crippen molar-refractivity contribution in [1.29, 1.82) is 0 Å². The van der Waals surface area contributed by atoms with Crippen LogP contribution in [0.25, 0.3) is 0 Å². The van der Waals surface area contributed by atoms with Crippen LogP contribution in [0.2, 0.25) is 0 Å². The van der Waals surface area contributed by atoms with E-state index in [0.29, 0.717) is 0 Å². The predicted molar refractivity (Wildman–Crippen MR) is 83.0 cm³/mol. The number of aromatic nitrogens is 1. The van der Waals surface area contributed by atoms with Gasteiger partial charge in [0.2, 0.25) is 0 Å². The number of pyridine rings is 1. The minimum atomic E-state index is 0.951. The highest BCUT2D eigenvalue weighted by Gasteiger charge is 2.06. The van der Waals surface area contributed by atoms with E-state index in [-0.39, 0.29) is 0 Å². The summed E-state index contributed by atoms with van der Waals surface area (Å²) in [5.74, 6) is 0.951. The SMILES string of the molecule is CSc1ccc(N(C)c2ccc(Br)c(C)n2)cc1. The van der Waals surface area contributed by atoms with E-state index in [1.807, 2.05) is 26.1 Å². The third kappa shape index (κ3) is 2.87.